The minimum absolute atomic E-state index is 0.0780. The number of anilines is 1. The lowest BCUT2D eigenvalue weighted by Gasteiger charge is -2.12. The van der Waals surface area contributed by atoms with E-state index in [0.717, 1.165) is 0 Å². The zero-order valence-corrected chi connectivity index (χ0v) is 12.6. The largest absolute Gasteiger partial charge is 0.384 e. The first-order valence-electron chi connectivity index (χ1n) is 6.60. The molecule has 0 saturated heterocycles. The molecule has 3 N–H and O–H groups in total. The van der Waals surface area contributed by atoms with Crippen LogP contribution in [0.1, 0.15) is 20.3 Å². The van der Waals surface area contributed by atoms with Crippen LogP contribution in [0.3, 0.4) is 0 Å². The number of carbonyl (C=O) groups is 1. The molecule has 0 fully saturated rings. The van der Waals surface area contributed by atoms with E-state index in [-0.39, 0.29) is 23.8 Å². The highest BCUT2D eigenvalue weighted by Gasteiger charge is 2.17. The summed E-state index contributed by atoms with van der Waals surface area (Å²) in [5, 5.41) is 5.62. The highest BCUT2D eigenvalue weighted by atomic mass is 32.2. The molecule has 7 heteroatoms. The quantitative estimate of drug-likeness (QED) is 0.666. The standard InChI is InChI=1S/C13H21N3O3S/c1-3-14-11-7-5-6-8-12(11)20(18,19)16-10-9-13(17)15-4-2/h5-8,14,16H,3-4,9-10H2,1-2H3,(H,15,17). The van der Waals surface area contributed by atoms with Crippen LogP contribution in [-0.2, 0) is 14.8 Å². The molecule has 0 aliphatic carbocycles. The number of sulfonamides is 1. The van der Waals surface area contributed by atoms with Gasteiger partial charge in [0.15, 0.2) is 0 Å². The Morgan fingerprint density at radius 3 is 2.50 bits per heavy atom. The Labute approximate surface area is 120 Å². The van der Waals surface area contributed by atoms with E-state index in [4.69, 9.17) is 0 Å². The first kappa shape index (κ1) is 16.5. The van der Waals surface area contributed by atoms with Gasteiger partial charge in [0.25, 0.3) is 0 Å². The zero-order chi connectivity index (χ0) is 15.0. The Hall–Kier alpha value is -1.60. The number of carbonyl (C=O) groups excluding carboxylic acids is 1. The molecular formula is C13H21N3O3S. The maximum absolute atomic E-state index is 12.2. The van der Waals surface area contributed by atoms with Crippen LogP contribution in [-0.4, -0.2) is 34.0 Å². The summed E-state index contributed by atoms with van der Waals surface area (Å²) in [6, 6.07) is 6.68. The van der Waals surface area contributed by atoms with Gasteiger partial charge in [0.1, 0.15) is 4.90 Å². The molecule has 0 aromatic heterocycles. The lowest BCUT2D eigenvalue weighted by Crippen LogP contribution is -2.31. The summed E-state index contributed by atoms with van der Waals surface area (Å²) in [5.74, 6) is -0.171. The lowest BCUT2D eigenvalue weighted by molar-refractivity contribution is -0.120. The molecule has 0 unspecified atom stereocenters. The Morgan fingerprint density at radius 2 is 1.85 bits per heavy atom. The number of hydrogen-bond donors (Lipinski definition) is 3. The Bertz CT molecular complexity index is 544. The molecule has 1 aromatic rings. The Kier molecular flexibility index (Phi) is 6.47. The monoisotopic (exact) mass is 299 g/mol. The van der Waals surface area contributed by atoms with Gasteiger partial charge in [-0.3, -0.25) is 4.79 Å². The SMILES string of the molecule is CCNC(=O)CCNS(=O)(=O)c1ccccc1NCC. The van der Waals surface area contributed by atoms with Crippen LogP contribution < -0.4 is 15.4 Å². The van der Waals surface area contributed by atoms with Crippen LogP contribution in [0.25, 0.3) is 0 Å². The second-order valence-corrected chi connectivity index (χ2v) is 5.86. The minimum Gasteiger partial charge on any atom is -0.384 e. The van der Waals surface area contributed by atoms with Gasteiger partial charge >= 0.3 is 0 Å². The third-order valence-electron chi connectivity index (χ3n) is 2.56. The molecule has 0 aliphatic rings. The number of nitrogens with one attached hydrogen (secondary N) is 3. The van der Waals surface area contributed by atoms with Crippen molar-refractivity contribution in [3.63, 3.8) is 0 Å². The van der Waals surface area contributed by atoms with Gasteiger partial charge in [0.05, 0.1) is 5.69 Å². The van der Waals surface area contributed by atoms with Crippen LogP contribution >= 0.6 is 0 Å². The number of para-hydroxylation sites is 1. The van der Waals surface area contributed by atoms with E-state index in [0.29, 0.717) is 18.8 Å². The third-order valence-corrected chi connectivity index (χ3v) is 4.08. The van der Waals surface area contributed by atoms with Crippen molar-refractivity contribution >= 4 is 21.6 Å². The molecule has 20 heavy (non-hydrogen) atoms. The molecule has 0 radical (unpaired) electrons. The Morgan fingerprint density at radius 1 is 1.15 bits per heavy atom. The van der Waals surface area contributed by atoms with Gasteiger partial charge in [0.2, 0.25) is 15.9 Å². The number of rotatable bonds is 8. The average Bonchev–Trinajstić information content (AvgIpc) is 2.39. The first-order valence-corrected chi connectivity index (χ1v) is 8.08. The van der Waals surface area contributed by atoms with E-state index in [1.165, 1.54) is 6.07 Å². The summed E-state index contributed by atoms with van der Waals surface area (Å²) in [6.07, 6.45) is 0.121. The smallest absolute Gasteiger partial charge is 0.242 e. The van der Waals surface area contributed by atoms with Crippen molar-refractivity contribution in [2.24, 2.45) is 0 Å². The molecule has 0 heterocycles. The van der Waals surface area contributed by atoms with Crippen LogP contribution in [0.4, 0.5) is 5.69 Å². The second-order valence-electron chi connectivity index (χ2n) is 4.13. The van der Waals surface area contributed by atoms with Gasteiger partial charge in [-0.15, -0.1) is 0 Å². The van der Waals surface area contributed by atoms with Crippen LogP contribution in [0, 0.1) is 0 Å². The summed E-state index contributed by atoms with van der Waals surface area (Å²) < 4.78 is 26.8. The summed E-state index contributed by atoms with van der Waals surface area (Å²) in [4.78, 5) is 11.5. The molecule has 0 saturated carbocycles. The molecular weight excluding hydrogens is 278 g/mol. The topological polar surface area (TPSA) is 87.3 Å². The first-order chi connectivity index (χ1) is 9.51. The van der Waals surface area contributed by atoms with E-state index in [1.54, 1.807) is 18.2 Å². The molecule has 0 bridgehead atoms. The highest BCUT2D eigenvalue weighted by molar-refractivity contribution is 7.89. The number of hydrogen-bond acceptors (Lipinski definition) is 4. The zero-order valence-electron chi connectivity index (χ0n) is 11.8. The van der Waals surface area contributed by atoms with Crippen molar-refractivity contribution in [1.82, 2.24) is 10.0 Å². The molecule has 112 valence electrons. The molecule has 0 aliphatic heterocycles. The fourth-order valence-corrected chi connectivity index (χ4v) is 2.91. The van der Waals surface area contributed by atoms with E-state index in [2.05, 4.69) is 15.4 Å². The molecule has 1 rings (SSSR count). The van der Waals surface area contributed by atoms with Crippen molar-refractivity contribution in [3.8, 4) is 0 Å². The maximum atomic E-state index is 12.2. The van der Waals surface area contributed by atoms with E-state index >= 15 is 0 Å². The summed E-state index contributed by atoms with van der Waals surface area (Å²) in [5.41, 5.74) is 0.556. The summed E-state index contributed by atoms with van der Waals surface area (Å²) >= 11 is 0. The van der Waals surface area contributed by atoms with Gasteiger partial charge < -0.3 is 10.6 Å². The van der Waals surface area contributed by atoms with Crippen molar-refractivity contribution < 1.29 is 13.2 Å². The summed E-state index contributed by atoms with van der Waals surface area (Å²) in [7, 11) is -3.62. The van der Waals surface area contributed by atoms with Crippen LogP contribution in [0.5, 0.6) is 0 Å². The summed E-state index contributed by atoms with van der Waals surface area (Å²) in [6.45, 7) is 4.95. The van der Waals surface area contributed by atoms with Gasteiger partial charge in [-0.05, 0) is 26.0 Å². The Balaban J connectivity index is 2.71. The van der Waals surface area contributed by atoms with Crippen LogP contribution in [0.15, 0.2) is 29.2 Å². The van der Waals surface area contributed by atoms with E-state index < -0.39 is 10.0 Å². The van der Waals surface area contributed by atoms with E-state index in [9.17, 15) is 13.2 Å². The van der Waals surface area contributed by atoms with Gasteiger partial charge in [-0.2, -0.15) is 0 Å². The van der Waals surface area contributed by atoms with Gasteiger partial charge in [-0.1, -0.05) is 12.1 Å². The van der Waals surface area contributed by atoms with Crippen molar-refractivity contribution in [3.05, 3.63) is 24.3 Å². The fraction of sp³-hybridized carbons (Fsp3) is 0.462. The normalized spacial score (nSPS) is 11.1. The highest BCUT2D eigenvalue weighted by Crippen LogP contribution is 2.20. The van der Waals surface area contributed by atoms with Crippen molar-refractivity contribution in [2.45, 2.75) is 25.2 Å². The molecule has 0 atom stereocenters. The molecule has 0 spiro atoms. The average molecular weight is 299 g/mol. The number of benzene rings is 1. The minimum atomic E-state index is -3.62. The predicted molar refractivity (Wildman–Crippen MR) is 79.1 cm³/mol. The fourth-order valence-electron chi connectivity index (χ4n) is 1.70. The maximum Gasteiger partial charge on any atom is 0.242 e. The molecule has 1 amide bonds. The number of amides is 1. The molecule has 6 nitrogen and oxygen atoms in total. The van der Waals surface area contributed by atoms with Gasteiger partial charge in [0, 0.05) is 26.1 Å². The molecule has 1 aromatic carbocycles. The second kappa shape index (κ2) is 7.86. The van der Waals surface area contributed by atoms with E-state index in [1.807, 2.05) is 13.8 Å². The van der Waals surface area contributed by atoms with Crippen molar-refractivity contribution in [1.29, 1.82) is 0 Å². The van der Waals surface area contributed by atoms with Gasteiger partial charge in [-0.25, -0.2) is 13.1 Å². The van der Waals surface area contributed by atoms with Crippen LogP contribution in [0.2, 0.25) is 0 Å². The predicted octanol–water partition coefficient (Wildman–Crippen LogP) is 0.923. The van der Waals surface area contributed by atoms with Crippen molar-refractivity contribution in [2.75, 3.05) is 25.0 Å². The lowest BCUT2D eigenvalue weighted by atomic mass is 10.3. The third kappa shape index (κ3) is 4.82.